The Kier molecular flexibility index (Phi) is 3.37. The first-order valence-corrected chi connectivity index (χ1v) is 6.60. The van der Waals surface area contributed by atoms with Crippen LogP contribution >= 0.6 is 0 Å². The summed E-state index contributed by atoms with van der Waals surface area (Å²) in [7, 11) is 0. The summed E-state index contributed by atoms with van der Waals surface area (Å²) >= 11 is 0. The van der Waals surface area contributed by atoms with Gasteiger partial charge in [0.2, 0.25) is 0 Å². The highest BCUT2D eigenvalue weighted by molar-refractivity contribution is 5.81. The number of hydrogen-bond donors (Lipinski definition) is 0. The van der Waals surface area contributed by atoms with Crippen LogP contribution in [0.25, 0.3) is 0 Å². The van der Waals surface area contributed by atoms with Gasteiger partial charge in [-0.15, -0.1) is 5.10 Å². The van der Waals surface area contributed by atoms with Crippen LogP contribution in [0.1, 0.15) is 13.0 Å². The maximum atomic E-state index is 12.2. The molecule has 1 aliphatic rings. The summed E-state index contributed by atoms with van der Waals surface area (Å²) < 4.78 is 7.42. The van der Waals surface area contributed by atoms with Crippen molar-refractivity contribution in [1.82, 2.24) is 19.9 Å². The van der Waals surface area contributed by atoms with E-state index in [-0.39, 0.29) is 11.9 Å². The summed E-state index contributed by atoms with van der Waals surface area (Å²) in [5.41, 5.74) is 0. The summed E-state index contributed by atoms with van der Waals surface area (Å²) in [4.78, 5) is 14.0. The fourth-order valence-corrected chi connectivity index (χ4v) is 2.23. The van der Waals surface area contributed by atoms with Crippen molar-refractivity contribution in [1.29, 1.82) is 0 Å². The van der Waals surface area contributed by atoms with E-state index in [0.717, 1.165) is 0 Å². The second kappa shape index (κ2) is 5.32. The summed E-state index contributed by atoms with van der Waals surface area (Å²) in [6.07, 6.45) is 2.98. The highest BCUT2D eigenvalue weighted by atomic mass is 16.5. The largest absolute Gasteiger partial charge is 0.481 e. The number of para-hydroxylation sites is 1. The van der Waals surface area contributed by atoms with Gasteiger partial charge in [0, 0.05) is 19.3 Å². The molecule has 6 nitrogen and oxygen atoms in total. The summed E-state index contributed by atoms with van der Waals surface area (Å²) in [6, 6.07) is 9.60. The molecular weight excluding hydrogens is 256 g/mol. The van der Waals surface area contributed by atoms with Crippen molar-refractivity contribution in [3.05, 3.63) is 42.7 Å². The van der Waals surface area contributed by atoms with Crippen LogP contribution in [0, 0.1) is 0 Å². The second-order valence-electron chi connectivity index (χ2n) is 4.85. The van der Waals surface area contributed by atoms with Crippen molar-refractivity contribution in [2.45, 2.75) is 19.1 Å². The zero-order chi connectivity index (χ0) is 13.9. The normalized spacial score (nSPS) is 16.6. The van der Waals surface area contributed by atoms with Crippen molar-refractivity contribution in [2.75, 3.05) is 13.1 Å². The topological polar surface area (TPSA) is 60.2 Å². The van der Waals surface area contributed by atoms with E-state index in [1.165, 1.54) is 0 Å². The summed E-state index contributed by atoms with van der Waals surface area (Å²) in [6.45, 7) is 3.09. The van der Waals surface area contributed by atoms with E-state index in [0.29, 0.717) is 18.8 Å². The maximum absolute atomic E-state index is 12.2. The highest BCUT2D eigenvalue weighted by Gasteiger charge is 2.35. The summed E-state index contributed by atoms with van der Waals surface area (Å²) in [5.74, 6) is 0.715. The molecule has 1 aromatic carbocycles. The lowest BCUT2D eigenvalue weighted by Gasteiger charge is -2.39. The van der Waals surface area contributed by atoms with Gasteiger partial charge in [0.15, 0.2) is 6.10 Å². The van der Waals surface area contributed by atoms with Crippen molar-refractivity contribution < 1.29 is 9.53 Å². The lowest BCUT2D eigenvalue weighted by molar-refractivity contribution is -0.144. The van der Waals surface area contributed by atoms with Gasteiger partial charge in [-0.3, -0.25) is 4.79 Å². The number of ether oxygens (including phenoxy) is 1. The minimum Gasteiger partial charge on any atom is -0.481 e. The molecule has 1 atom stereocenters. The van der Waals surface area contributed by atoms with E-state index in [1.54, 1.807) is 22.7 Å². The van der Waals surface area contributed by atoms with E-state index in [2.05, 4.69) is 10.3 Å². The van der Waals surface area contributed by atoms with Gasteiger partial charge in [-0.2, -0.15) is 0 Å². The van der Waals surface area contributed by atoms with Gasteiger partial charge in [0.1, 0.15) is 5.75 Å². The molecule has 0 saturated carbocycles. The Hall–Kier alpha value is -2.37. The Morgan fingerprint density at radius 2 is 2.10 bits per heavy atom. The third-order valence-corrected chi connectivity index (χ3v) is 3.39. The maximum Gasteiger partial charge on any atom is 0.263 e. The molecular formula is C14H16N4O2. The number of benzene rings is 1. The number of hydrogen-bond acceptors (Lipinski definition) is 4. The second-order valence-corrected chi connectivity index (χ2v) is 4.85. The van der Waals surface area contributed by atoms with Gasteiger partial charge in [0.25, 0.3) is 5.91 Å². The molecule has 1 aliphatic heterocycles. The predicted octanol–water partition coefficient (Wildman–Crippen LogP) is 1.13. The minimum atomic E-state index is -0.478. The Bertz CT molecular complexity index is 564. The zero-order valence-electron chi connectivity index (χ0n) is 11.2. The molecule has 1 unspecified atom stereocenters. The number of likely N-dealkylation sites (tertiary alicyclic amines) is 1. The molecule has 2 heterocycles. The molecule has 2 aromatic rings. The molecule has 6 heteroatoms. The molecule has 0 N–H and O–H groups in total. The average molecular weight is 272 g/mol. The molecule has 104 valence electrons. The molecule has 1 saturated heterocycles. The Labute approximate surface area is 117 Å². The Morgan fingerprint density at radius 1 is 1.35 bits per heavy atom. The standard InChI is InChI=1S/C14H16N4O2/c1-11(20-13-5-3-2-4-6-13)14(19)17-9-12(10-17)18-8-7-15-16-18/h2-8,11-12H,9-10H2,1H3. The zero-order valence-corrected chi connectivity index (χ0v) is 11.2. The number of rotatable bonds is 4. The van der Waals surface area contributed by atoms with Crippen LogP contribution in [-0.2, 0) is 4.79 Å². The fraction of sp³-hybridized carbons (Fsp3) is 0.357. The minimum absolute atomic E-state index is 0.00483. The molecule has 1 fully saturated rings. The third-order valence-electron chi connectivity index (χ3n) is 3.39. The molecule has 3 rings (SSSR count). The average Bonchev–Trinajstić information content (AvgIpc) is 2.92. The van der Waals surface area contributed by atoms with E-state index < -0.39 is 6.10 Å². The van der Waals surface area contributed by atoms with E-state index in [1.807, 2.05) is 36.5 Å². The van der Waals surface area contributed by atoms with Crippen molar-refractivity contribution in [3.8, 4) is 5.75 Å². The quantitative estimate of drug-likeness (QED) is 0.837. The number of aromatic nitrogens is 3. The molecule has 1 aromatic heterocycles. The summed E-state index contributed by atoms with van der Waals surface area (Å²) in [5, 5.41) is 7.71. The van der Waals surface area contributed by atoms with E-state index in [9.17, 15) is 4.79 Å². The van der Waals surface area contributed by atoms with Crippen molar-refractivity contribution >= 4 is 5.91 Å². The Morgan fingerprint density at radius 3 is 2.75 bits per heavy atom. The van der Waals surface area contributed by atoms with Crippen LogP contribution in [0.15, 0.2) is 42.7 Å². The van der Waals surface area contributed by atoms with Crippen LogP contribution < -0.4 is 4.74 Å². The van der Waals surface area contributed by atoms with Crippen LogP contribution in [0.2, 0.25) is 0 Å². The number of carbonyl (C=O) groups excluding carboxylic acids is 1. The third kappa shape index (κ3) is 2.49. The SMILES string of the molecule is CC(Oc1ccccc1)C(=O)N1CC(n2ccnn2)C1. The molecule has 0 bridgehead atoms. The number of amides is 1. The molecule has 20 heavy (non-hydrogen) atoms. The Balaban J connectivity index is 1.53. The van der Waals surface area contributed by atoms with Crippen LogP contribution in [0.5, 0.6) is 5.75 Å². The monoisotopic (exact) mass is 272 g/mol. The van der Waals surface area contributed by atoms with E-state index in [4.69, 9.17) is 4.74 Å². The molecule has 0 aliphatic carbocycles. The smallest absolute Gasteiger partial charge is 0.263 e. The lowest BCUT2D eigenvalue weighted by Crippen LogP contribution is -2.54. The molecule has 0 radical (unpaired) electrons. The first kappa shape index (κ1) is 12.7. The fourth-order valence-electron chi connectivity index (χ4n) is 2.23. The van der Waals surface area contributed by atoms with Crippen LogP contribution in [-0.4, -0.2) is 45.0 Å². The van der Waals surface area contributed by atoms with Gasteiger partial charge in [-0.1, -0.05) is 23.4 Å². The number of nitrogens with zero attached hydrogens (tertiary/aromatic N) is 4. The van der Waals surface area contributed by atoms with Gasteiger partial charge in [-0.05, 0) is 19.1 Å². The predicted molar refractivity (Wildman–Crippen MR) is 72.2 cm³/mol. The highest BCUT2D eigenvalue weighted by Crippen LogP contribution is 2.21. The van der Waals surface area contributed by atoms with Gasteiger partial charge in [-0.25, -0.2) is 4.68 Å². The lowest BCUT2D eigenvalue weighted by atomic mass is 10.1. The van der Waals surface area contributed by atoms with Gasteiger partial charge >= 0.3 is 0 Å². The first-order valence-electron chi connectivity index (χ1n) is 6.60. The van der Waals surface area contributed by atoms with Crippen LogP contribution in [0.3, 0.4) is 0 Å². The van der Waals surface area contributed by atoms with Crippen LogP contribution in [0.4, 0.5) is 0 Å². The van der Waals surface area contributed by atoms with Crippen molar-refractivity contribution in [3.63, 3.8) is 0 Å². The van der Waals surface area contributed by atoms with Gasteiger partial charge < -0.3 is 9.64 Å². The van der Waals surface area contributed by atoms with E-state index >= 15 is 0 Å². The van der Waals surface area contributed by atoms with Crippen molar-refractivity contribution in [2.24, 2.45) is 0 Å². The van der Waals surface area contributed by atoms with Gasteiger partial charge in [0.05, 0.1) is 12.2 Å². The molecule has 1 amide bonds. The first-order chi connectivity index (χ1) is 9.74. The molecule has 0 spiro atoms. The number of carbonyl (C=O) groups is 1.